The maximum Gasteiger partial charge on any atom is 0.0544 e. The Morgan fingerprint density at radius 1 is 0.739 bits per heavy atom. The summed E-state index contributed by atoms with van der Waals surface area (Å²) in [4.78, 5) is 0. The van der Waals surface area contributed by atoms with E-state index in [1.54, 1.807) is 0 Å². The maximum absolute atomic E-state index is 9.94. The molecule has 0 heterocycles. The van der Waals surface area contributed by atoms with Crippen LogP contribution < -0.4 is 0 Å². The summed E-state index contributed by atoms with van der Waals surface area (Å²) < 4.78 is 11.8. The lowest BCUT2D eigenvalue weighted by Crippen LogP contribution is -2.33. The molecule has 0 amide bonds. The number of aliphatic hydroxyl groups is 1. The molecule has 23 heavy (non-hydrogen) atoms. The third kappa shape index (κ3) is 10.4. The number of ether oxygens (including phenoxy) is 2. The van der Waals surface area contributed by atoms with Gasteiger partial charge in [0.15, 0.2) is 0 Å². The first-order chi connectivity index (χ1) is 11.3. The first kappa shape index (κ1) is 20.9. The molecule has 138 valence electrons. The molecule has 0 radical (unpaired) electrons. The van der Waals surface area contributed by atoms with E-state index in [1.165, 1.54) is 51.4 Å². The van der Waals surface area contributed by atoms with Gasteiger partial charge in [-0.05, 0) is 43.9 Å². The average Bonchev–Trinajstić information content (AvgIpc) is 2.55. The Labute approximate surface area is 144 Å². The number of unbranched alkanes of at least 4 members (excludes halogenated alkanes) is 6. The van der Waals surface area contributed by atoms with E-state index >= 15 is 0 Å². The van der Waals surface area contributed by atoms with Crippen molar-refractivity contribution in [2.75, 3.05) is 26.4 Å². The van der Waals surface area contributed by atoms with Crippen molar-refractivity contribution in [1.29, 1.82) is 0 Å². The second kappa shape index (κ2) is 14.2. The Kier molecular flexibility index (Phi) is 13.0. The number of aliphatic hydroxyl groups excluding tert-OH is 1. The van der Waals surface area contributed by atoms with Gasteiger partial charge in [-0.1, -0.05) is 52.4 Å². The molecule has 1 saturated carbocycles. The van der Waals surface area contributed by atoms with Crippen LogP contribution >= 0.6 is 0 Å². The maximum atomic E-state index is 9.94. The average molecular weight is 329 g/mol. The molecule has 3 nitrogen and oxygen atoms in total. The summed E-state index contributed by atoms with van der Waals surface area (Å²) in [5.41, 5.74) is 0. The zero-order valence-corrected chi connectivity index (χ0v) is 15.6. The van der Waals surface area contributed by atoms with Crippen LogP contribution in [0.3, 0.4) is 0 Å². The lowest BCUT2D eigenvalue weighted by atomic mass is 9.79. The van der Waals surface area contributed by atoms with Gasteiger partial charge in [0, 0.05) is 26.4 Å². The fourth-order valence-electron chi connectivity index (χ4n) is 3.46. The molecule has 0 bridgehead atoms. The van der Waals surface area contributed by atoms with E-state index in [4.69, 9.17) is 9.47 Å². The first-order valence-electron chi connectivity index (χ1n) is 10.1. The van der Waals surface area contributed by atoms with Gasteiger partial charge in [0.1, 0.15) is 0 Å². The second-order valence-corrected chi connectivity index (χ2v) is 7.26. The molecule has 1 aliphatic rings. The van der Waals surface area contributed by atoms with Crippen molar-refractivity contribution in [3.8, 4) is 0 Å². The van der Waals surface area contributed by atoms with Crippen molar-refractivity contribution >= 4 is 0 Å². The Hall–Kier alpha value is -0.120. The molecule has 1 N–H and O–H groups in total. The van der Waals surface area contributed by atoms with Gasteiger partial charge in [-0.15, -0.1) is 0 Å². The van der Waals surface area contributed by atoms with Crippen LogP contribution in [0.25, 0.3) is 0 Å². The topological polar surface area (TPSA) is 38.7 Å². The normalized spacial score (nSPS) is 24.9. The van der Waals surface area contributed by atoms with Crippen LogP contribution in [0.1, 0.15) is 84.5 Å². The van der Waals surface area contributed by atoms with Crippen molar-refractivity contribution in [3.05, 3.63) is 0 Å². The van der Waals surface area contributed by atoms with E-state index in [2.05, 4.69) is 13.8 Å². The fraction of sp³-hybridized carbons (Fsp3) is 1.00. The van der Waals surface area contributed by atoms with Gasteiger partial charge in [0.05, 0.1) is 6.10 Å². The van der Waals surface area contributed by atoms with Gasteiger partial charge in [-0.2, -0.15) is 0 Å². The molecule has 0 aromatic heterocycles. The molecule has 0 saturated heterocycles. The molecular formula is C20H40O3. The van der Waals surface area contributed by atoms with E-state index in [0.29, 0.717) is 11.8 Å². The molecule has 1 fully saturated rings. The highest BCUT2D eigenvalue weighted by Gasteiger charge is 2.29. The van der Waals surface area contributed by atoms with Crippen LogP contribution in [0.4, 0.5) is 0 Å². The second-order valence-electron chi connectivity index (χ2n) is 7.26. The van der Waals surface area contributed by atoms with Crippen molar-refractivity contribution in [2.45, 2.75) is 90.6 Å². The SMILES string of the molecule is CCCCCCOCC1CCC(O)CC1COCCCCCC. The predicted octanol–water partition coefficient (Wildman–Crippen LogP) is 4.96. The van der Waals surface area contributed by atoms with E-state index in [1.807, 2.05) is 0 Å². The van der Waals surface area contributed by atoms with Crippen LogP contribution in [0.15, 0.2) is 0 Å². The Morgan fingerprint density at radius 2 is 1.30 bits per heavy atom. The van der Waals surface area contributed by atoms with Crippen molar-refractivity contribution < 1.29 is 14.6 Å². The minimum atomic E-state index is -0.135. The van der Waals surface area contributed by atoms with E-state index < -0.39 is 0 Å². The minimum absolute atomic E-state index is 0.135. The molecule has 3 unspecified atom stereocenters. The van der Waals surface area contributed by atoms with Crippen LogP contribution in [0.2, 0.25) is 0 Å². The monoisotopic (exact) mass is 328 g/mol. The predicted molar refractivity (Wildman–Crippen MR) is 96.8 cm³/mol. The Morgan fingerprint density at radius 3 is 1.87 bits per heavy atom. The summed E-state index contributed by atoms with van der Waals surface area (Å²) in [5.74, 6) is 1.04. The molecule has 0 aliphatic heterocycles. The Balaban J connectivity index is 2.15. The van der Waals surface area contributed by atoms with E-state index in [9.17, 15) is 5.11 Å². The highest BCUT2D eigenvalue weighted by Crippen LogP contribution is 2.31. The van der Waals surface area contributed by atoms with Crippen molar-refractivity contribution in [1.82, 2.24) is 0 Å². The summed E-state index contributed by atoms with van der Waals surface area (Å²) in [6.45, 7) is 7.88. The van der Waals surface area contributed by atoms with Crippen LogP contribution in [0, 0.1) is 11.8 Å². The third-order valence-corrected chi connectivity index (χ3v) is 5.06. The number of hydrogen-bond acceptors (Lipinski definition) is 3. The van der Waals surface area contributed by atoms with Gasteiger partial charge in [0.25, 0.3) is 0 Å². The molecule has 1 aliphatic carbocycles. The quantitative estimate of drug-likeness (QED) is 0.458. The Bertz CT molecular complexity index is 257. The summed E-state index contributed by atoms with van der Waals surface area (Å²) in [5, 5.41) is 9.94. The lowest BCUT2D eigenvalue weighted by molar-refractivity contribution is -0.0210. The van der Waals surface area contributed by atoms with Gasteiger partial charge in [0.2, 0.25) is 0 Å². The lowest BCUT2D eigenvalue weighted by Gasteiger charge is -2.34. The standard InChI is InChI=1S/C20H40O3/c1-3-5-7-9-13-22-16-18-11-12-20(21)15-19(18)17-23-14-10-8-6-4-2/h18-21H,3-17H2,1-2H3. The zero-order chi connectivity index (χ0) is 16.8. The highest BCUT2D eigenvalue weighted by molar-refractivity contribution is 4.79. The largest absolute Gasteiger partial charge is 0.393 e. The molecular weight excluding hydrogens is 288 g/mol. The summed E-state index contributed by atoms with van der Waals surface area (Å²) >= 11 is 0. The first-order valence-corrected chi connectivity index (χ1v) is 10.1. The fourth-order valence-corrected chi connectivity index (χ4v) is 3.46. The van der Waals surface area contributed by atoms with Crippen LogP contribution in [0.5, 0.6) is 0 Å². The third-order valence-electron chi connectivity index (χ3n) is 5.06. The van der Waals surface area contributed by atoms with Gasteiger partial charge in [-0.3, -0.25) is 0 Å². The number of rotatable bonds is 14. The van der Waals surface area contributed by atoms with Gasteiger partial charge < -0.3 is 14.6 Å². The summed E-state index contributed by atoms with van der Waals surface area (Å²) in [7, 11) is 0. The van der Waals surface area contributed by atoms with Crippen molar-refractivity contribution in [2.24, 2.45) is 11.8 Å². The highest BCUT2D eigenvalue weighted by atomic mass is 16.5. The molecule has 1 rings (SSSR count). The number of hydrogen-bond donors (Lipinski definition) is 1. The van der Waals surface area contributed by atoms with Crippen LogP contribution in [-0.2, 0) is 9.47 Å². The summed E-state index contributed by atoms with van der Waals surface area (Å²) in [6, 6.07) is 0. The van der Waals surface area contributed by atoms with Gasteiger partial charge in [-0.25, -0.2) is 0 Å². The molecule has 0 aromatic carbocycles. The smallest absolute Gasteiger partial charge is 0.0544 e. The van der Waals surface area contributed by atoms with Gasteiger partial charge >= 0.3 is 0 Å². The van der Waals surface area contributed by atoms with Crippen LogP contribution in [-0.4, -0.2) is 37.6 Å². The molecule has 0 aromatic rings. The molecule has 3 atom stereocenters. The molecule has 3 heteroatoms. The summed E-state index contributed by atoms with van der Waals surface area (Å²) in [6.07, 6.45) is 12.8. The van der Waals surface area contributed by atoms with E-state index in [0.717, 1.165) is 45.7 Å². The van der Waals surface area contributed by atoms with E-state index in [-0.39, 0.29) is 6.10 Å². The molecule has 0 spiro atoms. The zero-order valence-electron chi connectivity index (χ0n) is 15.6. The minimum Gasteiger partial charge on any atom is -0.393 e. The van der Waals surface area contributed by atoms with Crippen molar-refractivity contribution in [3.63, 3.8) is 0 Å².